The predicted molar refractivity (Wildman–Crippen MR) is 84.4 cm³/mol. The van der Waals surface area contributed by atoms with Crippen molar-refractivity contribution < 1.29 is 15.3 Å². The molecule has 1 fully saturated rings. The van der Waals surface area contributed by atoms with Crippen molar-refractivity contribution in [2.24, 2.45) is 0 Å². The van der Waals surface area contributed by atoms with Gasteiger partial charge in [0, 0.05) is 57.4 Å². The quantitative estimate of drug-likeness (QED) is 0.588. The molecule has 0 amide bonds. The van der Waals surface area contributed by atoms with Gasteiger partial charge in [0.15, 0.2) is 0 Å². The van der Waals surface area contributed by atoms with E-state index in [2.05, 4.69) is 14.7 Å². The molecular weight excluding hydrogens is 270 g/mol. The molecule has 1 rings (SSSR count). The van der Waals surface area contributed by atoms with Gasteiger partial charge in [0.1, 0.15) is 0 Å². The summed E-state index contributed by atoms with van der Waals surface area (Å²) in [5.41, 5.74) is 0. The van der Waals surface area contributed by atoms with Gasteiger partial charge < -0.3 is 15.3 Å². The number of nitrogens with zero attached hydrogens (tertiary/aromatic N) is 3. The third-order valence-electron chi connectivity index (χ3n) is 4.69. The monoisotopic (exact) mass is 303 g/mol. The van der Waals surface area contributed by atoms with Crippen LogP contribution in [0.4, 0.5) is 0 Å². The van der Waals surface area contributed by atoms with Crippen LogP contribution in [0.1, 0.15) is 20.8 Å². The Morgan fingerprint density at radius 2 is 0.762 bits per heavy atom. The summed E-state index contributed by atoms with van der Waals surface area (Å²) in [5, 5.41) is 28.2. The topological polar surface area (TPSA) is 70.4 Å². The fraction of sp³-hybridized carbons (Fsp3) is 1.00. The van der Waals surface area contributed by atoms with E-state index in [1.165, 1.54) is 0 Å². The van der Waals surface area contributed by atoms with Crippen LogP contribution in [0.15, 0.2) is 0 Å². The molecule has 0 aliphatic carbocycles. The van der Waals surface area contributed by atoms with Crippen LogP contribution in [0.25, 0.3) is 0 Å². The normalized spacial score (nSPS) is 24.9. The zero-order valence-corrected chi connectivity index (χ0v) is 13.8. The molecule has 3 N–H and O–H groups in total. The van der Waals surface area contributed by atoms with E-state index in [0.29, 0.717) is 0 Å². The highest BCUT2D eigenvalue weighted by atomic mass is 16.3. The first-order chi connectivity index (χ1) is 10.0. The van der Waals surface area contributed by atoms with E-state index in [1.807, 2.05) is 20.8 Å². The zero-order chi connectivity index (χ0) is 15.8. The first-order valence-electron chi connectivity index (χ1n) is 8.08. The van der Waals surface area contributed by atoms with Crippen molar-refractivity contribution in [1.29, 1.82) is 0 Å². The Morgan fingerprint density at radius 1 is 0.571 bits per heavy atom. The van der Waals surface area contributed by atoms with Crippen LogP contribution in [-0.4, -0.2) is 107 Å². The van der Waals surface area contributed by atoms with Crippen LogP contribution >= 0.6 is 0 Å². The Labute approximate surface area is 129 Å². The Kier molecular flexibility index (Phi) is 8.70. The van der Waals surface area contributed by atoms with Gasteiger partial charge in [-0.25, -0.2) is 0 Å². The van der Waals surface area contributed by atoms with Crippen molar-refractivity contribution in [2.45, 2.75) is 38.9 Å². The number of aliphatic hydroxyl groups excluding tert-OH is 3. The first kappa shape index (κ1) is 18.8. The molecule has 0 radical (unpaired) electrons. The molecule has 6 heteroatoms. The maximum atomic E-state index is 9.41. The second-order valence-corrected chi connectivity index (χ2v) is 6.20. The fourth-order valence-electron chi connectivity index (χ4n) is 2.77. The van der Waals surface area contributed by atoms with Gasteiger partial charge in [-0.2, -0.15) is 0 Å². The maximum Gasteiger partial charge on any atom is 0.0584 e. The molecule has 0 bridgehead atoms. The molecule has 0 aromatic rings. The lowest BCUT2D eigenvalue weighted by atomic mass is 10.2. The van der Waals surface area contributed by atoms with E-state index in [4.69, 9.17) is 0 Å². The van der Waals surface area contributed by atoms with Crippen LogP contribution in [0, 0.1) is 0 Å². The van der Waals surface area contributed by atoms with Gasteiger partial charge in [-0.1, -0.05) is 0 Å². The summed E-state index contributed by atoms with van der Waals surface area (Å²) in [7, 11) is 0. The molecule has 6 nitrogen and oxygen atoms in total. The third kappa shape index (κ3) is 5.81. The molecule has 0 aromatic carbocycles. The van der Waals surface area contributed by atoms with Crippen molar-refractivity contribution in [2.75, 3.05) is 59.1 Å². The molecule has 126 valence electrons. The third-order valence-corrected chi connectivity index (χ3v) is 4.69. The van der Waals surface area contributed by atoms with E-state index in [1.54, 1.807) is 0 Å². The molecule has 1 aliphatic rings. The van der Waals surface area contributed by atoms with Gasteiger partial charge >= 0.3 is 0 Å². The highest BCUT2D eigenvalue weighted by molar-refractivity contribution is 4.79. The molecular formula is C15H33N3O3. The predicted octanol–water partition coefficient (Wildman–Crippen LogP) is -0.952. The summed E-state index contributed by atoms with van der Waals surface area (Å²) in [6, 6.07) is 0.419. The number of hydrogen-bond donors (Lipinski definition) is 3. The Morgan fingerprint density at radius 3 is 0.905 bits per heavy atom. The van der Waals surface area contributed by atoms with Crippen molar-refractivity contribution in [3.05, 3.63) is 0 Å². The largest absolute Gasteiger partial charge is 0.395 e. The molecule has 0 aromatic heterocycles. The molecule has 1 saturated heterocycles. The van der Waals surface area contributed by atoms with Gasteiger partial charge in [-0.3, -0.25) is 14.7 Å². The Balaban J connectivity index is 2.76. The second kappa shape index (κ2) is 9.71. The van der Waals surface area contributed by atoms with Gasteiger partial charge in [-0.05, 0) is 20.8 Å². The first-order valence-corrected chi connectivity index (χ1v) is 8.08. The molecule has 3 atom stereocenters. The number of aliphatic hydroxyl groups is 3. The molecule has 1 heterocycles. The summed E-state index contributed by atoms with van der Waals surface area (Å²) < 4.78 is 0. The fourth-order valence-corrected chi connectivity index (χ4v) is 2.77. The lowest BCUT2D eigenvalue weighted by Crippen LogP contribution is -2.45. The van der Waals surface area contributed by atoms with Crippen molar-refractivity contribution in [3.8, 4) is 0 Å². The summed E-state index contributed by atoms with van der Waals surface area (Å²) in [6.07, 6.45) is 0. The summed E-state index contributed by atoms with van der Waals surface area (Å²) in [4.78, 5) is 6.87. The van der Waals surface area contributed by atoms with E-state index < -0.39 is 0 Å². The van der Waals surface area contributed by atoms with Crippen molar-refractivity contribution in [3.63, 3.8) is 0 Å². The van der Waals surface area contributed by atoms with Gasteiger partial charge in [-0.15, -0.1) is 0 Å². The van der Waals surface area contributed by atoms with Crippen LogP contribution in [0.3, 0.4) is 0 Å². The minimum Gasteiger partial charge on any atom is -0.395 e. The van der Waals surface area contributed by atoms with Gasteiger partial charge in [0.05, 0.1) is 19.8 Å². The Hall–Kier alpha value is -0.240. The van der Waals surface area contributed by atoms with E-state index >= 15 is 0 Å². The van der Waals surface area contributed by atoms with Crippen LogP contribution < -0.4 is 0 Å². The smallest absolute Gasteiger partial charge is 0.0584 e. The van der Waals surface area contributed by atoms with Gasteiger partial charge in [0.25, 0.3) is 0 Å². The second-order valence-electron chi connectivity index (χ2n) is 6.20. The molecule has 0 saturated carbocycles. The highest BCUT2D eigenvalue weighted by Gasteiger charge is 2.23. The van der Waals surface area contributed by atoms with Crippen molar-refractivity contribution >= 4 is 0 Å². The standard InChI is InChI=1S/C15H33N3O3/c1-13(10-19)16-4-6-17(14(2)11-20)8-9-18(7-5-16)15(3)12-21/h13-15,19-21H,4-12H2,1-3H3. The molecule has 3 unspecified atom stereocenters. The molecule has 0 spiro atoms. The highest BCUT2D eigenvalue weighted by Crippen LogP contribution is 2.09. The minimum absolute atomic E-state index is 0.140. The van der Waals surface area contributed by atoms with Crippen LogP contribution in [0.5, 0.6) is 0 Å². The molecule has 1 aliphatic heterocycles. The van der Waals surface area contributed by atoms with E-state index in [0.717, 1.165) is 39.3 Å². The number of rotatable bonds is 6. The van der Waals surface area contributed by atoms with E-state index in [9.17, 15) is 15.3 Å². The summed E-state index contributed by atoms with van der Waals surface area (Å²) in [6.45, 7) is 12.0. The average molecular weight is 303 g/mol. The average Bonchev–Trinajstić information content (AvgIpc) is 2.62. The Bertz CT molecular complexity index is 226. The summed E-state index contributed by atoms with van der Waals surface area (Å²) >= 11 is 0. The maximum absolute atomic E-state index is 9.41. The van der Waals surface area contributed by atoms with Crippen molar-refractivity contribution in [1.82, 2.24) is 14.7 Å². The number of hydrogen-bond acceptors (Lipinski definition) is 6. The molecule has 21 heavy (non-hydrogen) atoms. The van der Waals surface area contributed by atoms with Crippen LogP contribution in [0.2, 0.25) is 0 Å². The SMILES string of the molecule is CC(CO)N1CCN(C(C)CO)CCN(C(C)CO)CC1. The summed E-state index contributed by atoms with van der Waals surface area (Å²) in [5.74, 6) is 0. The van der Waals surface area contributed by atoms with Crippen LogP contribution in [-0.2, 0) is 0 Å². The van der Waals surface area contributed by atoms with Gasteiger partial charge in [0.2, 0.25) is 0 Å². The zero-order valence-electron chi connectivity index (χ0n) is 13.8. The van der Waals surface area contributed by atoms with E-state index in [-0.39, 0.29) is 37.9 Å². The lowest BCUT2D eigenvalue weighted by Gasteiger charge is -2.31. The lowest BCUT2D eigenvalue weighted by molar-refractivity contribution is 0.0992. The minimum atomic E-state index is 0.140.